The fourth-order valence-corrected chi connectivity index (χ4v) is 5.71. The van der Waals surface area contributed by atoms with Gasteiger partial charge in [-0.15, -0.1) is 0 Å². The number of benzene rings is 4. The molecule has 220 valence electrons. The monoisotopic (exact) mass is 586 g/mol. The van der Waals surface area contributed by atoms with Gasteiger partial charge in [-0.25, -0.2) is 4.98 Å². The Kier molecular flexibility index (Phi) is 7.22. The molecule has 0 radical (unpaired) electrons. The number of nitrogens with zero attached hydrogens (tertiary/aromatic N) is 2. The van der Waals surface area contributed by atoms with E-state index in [1.807, 2.05) is 69.3 Å². The normalized spacial score (nSPS) is 11.2. The number of amides is 1. The molecule has 9 heteroatoms. The Morgan fingerprint density at radius 1 is 1.00 bits per heavy atom. The van der Waals surface area contributed by atoms with Crippen LogP contribution in [0.1, 0.15) is 43.1 Å². The van der Waals surface area contributed by atoms with E-state index in [4.69, 9.17) is 15.2 Å². The number of fused-ring (bicyclic) bond motifs is 2. The van der Waals surface area contributed by atoms with Gasteiger partial charge < -0.3 is 20.2 Å². The molecule has 6 rings (SSSR count). The number of aromatic amines is 1. The summed E-state index contributed by atoms with van der Waals surface area (Å²) in [5.41, 5.74) is 13.1. The van der Waals surface area contributed by atoms with E-state index in [2.05, 4.69) is 9.97 Å². The van der Waals surface area contributed by atoms with Gasteiger partial charge in [0.2, 0.25) is 0 Å². The Morgan fingerprint density at radius 2 is 1.75 bits per heavy atom. The van der Waals surface area contributed by atoms with E-state index in [1.54, 1.807) is 25.3 Å². The van der Waals surface area contributed by atoms with Crippen molar-refractivity contribution < 1.29 is 19.1 Å². The highest BCUT2D eigenvalue weighted by atomic mass is 16.5. The summed E-state index contributed by atoms with van der Waals surface area (Å²) in [6.45, 7) is 6.07. The first-order chi connectivity index (χ1) is 21.2. The number of para-hydroxylation sites is 1. The molecule has 6 aromatic rings. The Hall–Kier alpha value is -5.70. The number of aldehydes is 1. The molecular formula is C35H30N4O5. The summed E-state index contributed by atoms with van der Waals surface area (Å²) in [6.07, 6.45) is 2.14. The molecule has 0 spiro atoms. The predicted molar refractivity (Wildman–Crippen MR) is 170 cm³/mol. The Balaban J connectivity index is 1.54. The Labute approximate surface area is 252 Å². The molecule has 9 nitrogen and oxygen atoms in total. The minimum absolute atomic E-state index is 0.202. The van der Waals surface area contributed by atoms with Crippen LogP contribution in [0.4, 0.5) is 0 Å². The van der Waals surface area contributed by atoms with Gasteiger partial charge in [0.15, 0.2) is 6.29 Å². The number of methoxy groups -OCH3 is 1. The number of nitrogens with two attached hydrogens (primary N) is 1. The highest BCUT2D eigenvalue weighted by Crippen LogP contribution is 2.41. The summed E-state index contributed by atoms with van der Waals surface area (Å²) >= 11 is 0. The number of ether oxygens (including phenoxy) is 2. The molecule has 4 aromatic carbocycles. The zero-order valence-corrected chi connectivity index (χ0v) is 24.7. The molecule has 0 atom stereocenters. The molecule has 0 saturated heterocycles. The van der Waals surface area contributed by atoms with Gasteiger partial charge in [0.05, 0.1) is 29.2 Å². The molecular weight excluding hydrogens is 556 g/mol. The van der Waals surface area contributed by atoms with Crippen molar-refractivity contribution in [2.75, 3.05) is 7.11 Å². The smallest absolute Gasteiger partial charge is 0.265 e. The van der Waals surface area contributed by atoms with E-state index < -0.39 is 5.91 Å². The maximum Gasteiger partial charge on any atom is 0.265 e. The minimum Gasteiger partial charge on any atom is -0.497 e. The van der Waals surface area contributed by atoms with E-state index in [1.165, 1.54) is 10.9 Å². The molecule has 44 heavy (non-hydrogen) atoms. The fraction of sp³-hybridized carbons (Fsp3) is 0.143. The van der Waals surface area contributed by atoms with Gasteiger partial charge in [0.1, 0.15) is 30.0 Å². The van der Waals surface area contributed by atoms with Crippen molar-refractivity contribution in [2.45, 2.75) is 27.4 Å². The Morgan fingerprint density at radius 3 is 2.45 bits per heavy atom. The van der Waals surface area contributed by atoms with Crippen LogP contribution in [0.3, 0.4) is 0 Å². The van der Waals surface area contributed by atoms with Gasteiger partial charge in [-0.1, -0.05) is 30.3 Å². The minimum atomic E-state index is -0.610. The molecule has 1 amide bonds. The number of nitrogens with one attached hydrogen (secondary N) is 1. The molecule has 0 aliphatic rings. The maximum absolute atomic E-state index is 13.6. The van der Waals surface area contributed by atoms with Gasteiger partial charge in [-0.05, 0) is 85.0 Å². The van der Waals surface area contributed by atoms with Crippen LogP contribution in [-0.2, 0) is 6.61 Å². The van der Waals surface area contributed by atoms with Crippen molar-refractivity contribution in [3.8, 4) is 28.3 Å². The van der Waals surface area contributed by atoms with Crippen molar-refractivity contribution in [3.63, 3.8) is 0 Å². The van der Waals surface area contributed by atoms with Crippen molar-refractivity contribution in [3.05, 3.63) is 117 Å². The molecule has 0 bridgehead atoms. The standard InChI is InChI=1S/C35H30N4O5/c1-19-21(3)38-33-30(19)27(15-29(31(33)34(36)41)44-17-22-11-13-24(43-4)14-12-22)25-8-6-10-28(20(25)2)39-18-37-32-23(16-40)7-5-9-26(32)35(39)42/h5-16,18,38H,17H2,1-4H3,(H2,36,41). The van der Waals surface area contributed by atoms with Gasteiger partial charge in [0, 0.05) is 16.6 Å². The van der Waals surface area contributed by atoms with Crippen LogP contribution in [0.5, 0.6) is 11.5 Å². The van der Waals surface area contributed by atoms with Crippen molar-refractivity contribution in [2.24, 2.45) is 5.73 Å². The van der Waals surface area contributed by atoms with Crippen LogP contribution in [0.2, 0.25) is 0 Å². The first kappa shape index (κ1) is 28.4. The molecule has 2 aromatic heterocycles. The predicted octanol–water partition coefficient (Wildman–Crippen LogP) is 5.96. The lowest BCUT2D eigenvalue weighted by Gasteiger charge is -2.18. The number of H-pyrrole nitrogens is 1. The second-order valence-electron chi connectivity index (χ2n) is 10.7. The largest absolute Gasteiger partial charge is 0.497 e. The Bertz CT molecular complexity index is 2160. The summed E-state index contributed by atoms with van der Waals surface area (Å²) in [5, 5.41) is 1.19. The first-order valence-electron chi connectivity index (χ1n) is 14.0. The zero-order chi connectivity index (χ0) is 31.1. The maximum atomic E-state index is 13.6. The van der Waals surface area contributed by atoms with Crippen LogP contribution >= 0.6 is 0 Å². The van der Waals surface area contributed by atoms with Gasteiger partial charge in [0.25, 0.3) is 11.5 Å². The van der Waals surface area contributed by atoms with Gasteiger partial charge in [-0.2, -0.15) is 0 Å². The topological polar surface area (TPSA) is 129 Å². The number of rotatable bonds is 8. The molecule has 0 saturated carbocycles. The van der Waals surface area contributed by atoms with Crippen molar-refractivity contribution >= 4 is 34.0 Å². The highest BCUT2D eigenvalue weighted by molar-refractivity contribution is 6.13. The number of carbonyl (C=O) groups excluding carboxylic acids is 2. The average molecular weight is 587 g/mol. The molecule has 0 fully saturated rings. The number of hydrogen-bond donors (Lipinski definition) is 2. The molecule has 2 heterocycles. The van der Waals surface area contributed by atoms with Crippen LogP contribution < -0.4 is 20.8 Å². The number of primary amides is 1. The third-order valence-electron chi connectivity index (χ3n) is 8.14. The number of aryl methyl sites for hydroxylation is 2. The van der Waals surface area contributed by atoms with Crippen molar-refractivity contribution in [1.29, 1.82) is 0 Å². The molecule has 0 unspecified atom stereocenters. The fourth-order valence-electron chi connectivity index (χ4n) is 5.71. The SMILES string of the molecule is COc1ccc(COc2cc(-c3cccc(-n4cnc5c(C=O)cccc5c4=O)c3C)c3c(C)c(C)[nH]c3c2C(N)=O)cc1. The van der Waals surface area contributed by atoms with Crippen LogP contribution in [0, 0.1) is 20.8 Å². The van der Waals surface area contributed by atoms with E-state index in [0.29, 0.717) is 39.7 Å². The number of hydrogen-bond acceptors (Lipinski definition) is 6. The van der Waals surface area contributed by atoms with E-state index in [-0.39, 0.29) is 17.7 Å². The van der Waals surface area contributed by atoms with Crippen LogP contribution in [-0.4, -0.2) is 33.8 Å². The van der Waals surface area contributed by atoms with E-state index in [9.17, 15) is 14.4 Å². The lowest BCUT2D eigenvalue weighted by molar-refractivity contribution is 0.0997. The van der Waals surface area contributed by atoms with E-state index >= 15 is 0 Å². The molecule has 3 N–H and O–H groups in total. The summed E-state index contributed by atoms with van der Waals surface area (Å²) in [6, 6.07) is 20.0. The third-order valence-corrected chi connectivity index (χ3v) is 8.14. The molecule has 0 aliphatic carbocycles. The molecule has 0 aliphatic heterocycles. The van der Waals surface area contributed by atoms with Crippen LogP contribution in [0.25, 0.3) is 38.6 Å². The summed E-state index contributed by atoms with van der Waals surface area (Å²) in [7, 11) is 1.61. The van der Waals surface area contributed by atoms with Crippen molar-refractivity contribution in [1.82, 2.24) is 14.5 Å². The average Bonchev–Trinajstić information content (AvgIpc) is 3.33. The summed E-state index contributed by atoms with van der Waals surface area (Å²) < 4.78 is 13.0. The third kappa shape index (κ3) is 4.68. The number of aromatic nitrogens is 3. The number of carbonyl (C=O) groups is 2. The second-order valence-corrected chi connectivity index (χ2v) is 10.7. The zero-order valence-electron chi connectivity index (χ0n) is 24.7. The lowest BCUT2D eigenvalue weighted by atomic mass is 9.92. The van der Waals surface area contributed by atoms with Gasteiger partial charge in [-0.3, -0.25) is 19.0 Å². The first-order valence-corrected chi connectivity index (χ1v) is 14.0. The highest BCUT2D eigenvalue weighted by Gasteiger charge is 2.24. The summed E-state index contributed by atoms with van der Waals surface area (Å²) in [4.78, 5) is 45.8. The van der Waals surface area contributed by atoms with Gasteiger partial charge >= 0.3 is 0 Å². The quantitative estimate of drug-likeness (QED) is 0.212. The van der Waals surface area contributed by atoms with E-state index in [0.717, 1.165) is 44.6 Å². The summed E-state index contributed by atoms with van der Waals surface area (Å²) in [5.74, 6) is 0.460. The second kappa shape index (κ2) is 11.2. The van der Waals surface area contributed by atoms with Crippen LogP contribution in [0.15, 0.2) is 77.9 Å². The lowest BCUT2D eigenvalue weighted by Crippen LogP contribution is -2.20.